The summed E-state index contributed by atoms with van der Waals surface area (Å²) in [5.41, 5.74) is 0. The van der Waals surface area contributed by atoms with Crippen LogP contribution in [0.4, 0.5) is 0 Å². The molecule has 0 bridgehead atoms. The number of rotatable bonds is 0. The van der Waals surface area contributed by atoms with Gasteiger partial charge in [-0.15, -0.1) is 0 Å². The van der Waals surface area contributed by atoms with Crippen LogP contribution in [0.25, 0.3) is 0 Å². The summed E-state index contributed by atoms with van der Waals surface area (Å²) in [6.07, 6.45) is 0. The molecule has 0 atom stereocenters. The quantitative estimate of drug-likeness (QED) is 0.447. The molecule has 0 N–H and O–H groups in total. The van der Waals surface area contributed by atoms with E-state index in [9.17, 15) is 0 Å². The van der Waals surface area contributed by atoms with E-state index < -0.39 is 0 Å². The average Bonchev–Trinajstić information content (AvgIpc) is 0.918. The van der Waals surface area contributed by atoms with Crippen molar-refractivity contribution >= 4 is 0 Å². The zero-order valence-corrected chi connectivity index (χ0v) is 2.41. The van der Waals surface area contributed by atoms with Crippen LogP contribution in [0, 0.1) is 0 Å². The predicted octanol–water partition coefficient (Wildman–Crippen LogP) is 2.17. The van der Waals surface area contributed by atoms with Crippen LogP contribution < -0.4 is 0 Å². The lowest BCUT2D eigenvalue weighted by atomic mass is 11.6. The summed E-state index contributed by atoms with van der Waals surface area (Å²) in [4.78, 5) is 0. The van der Waals surface area contributed by atoms with Crippen molar-refractivity contribution in [2.45, 2.75) is 22.3 Å². The number of hydrogen-bond acceptors (Lipinski definition) is 1. The van der Waals surface area contributed by atoms with E-state index in [1.807, 2.05) is 0 Å². The largest absolute Gasteiger partial charge is 0.388 e. The second-order valence-corrected chi connectivity index (χ2v) is 0.408. The minimum atomic E-state index is 0. The van der Waals surface area contributed by atoms with Crippen LogP contribution in [0.2, 0.25) is 0 Å². The van der Waals surface area contributed by atoms with Crippen molar-refractivity contribution in [2.24, 2.45) is 0 Å². The summed E-state index contributed by atoms with van der Waals surface area (Å²) in [6.45, 7) is 0. The molecule has 0 spiro atoms. The highest BCUT2D eigenvalue weighted by molar-refractivity contribution is 3.56. The Morgan fingerprint density at radius 1 is 0.833 bits per heavy atom. The molecule has 0 aromatic heterocycles. The van der Waals surface area contributed by atoms with Crippen molar-refractivity contribution < 1.29 is 4.74 Å². The maximum Gasteiger partial charge on any atom is 0.0351 e. The first-order valence-electron chi connectivity index (χ1n) is 0.816. The maximum absolute atomic E-state index is 4.25. The van der Waals surface area contributed by atoms with Gasteiger partial charge in [0.1, 0.15) is 0 Å². The molecule has 0 heterocycles. The lowest BCUT2D eigenvalue weighted by Crippen LogP contribution is -1.55. The Balaban J connectivity index is -0.00000000667. The van der Waals surface area contributed by atoms with Gasteiger partial charge in [-0.1, -0.05) is 22.3 Å². The minimum Gasteiger partial charge on any atom is -0.388 e. The maximum atomic E-state index is 4.25. The van der Waals surface area contributed by atoms with Crippen molar-refractivity contribution in [3.8, 4) is 0 Å². The first-order valence-corrected chi connectivity index (χ1v) is 0.816. The minimum absolute atomic E-state index is 0. The van der Waals surface area contributed by atoms with E-state index in [0.29, 0.717) is 0 Å². The topological polar surface area (TPSA) is 9.23 Å². The number of hydrogen-bond donors (Lipinski definition) is 0. The Morgan fingerprint density at radius 3 is 0.833 bits per heavy atom. The number of methoxy groups -OCH3 is 1. The Labute approximate surface area is 42.3 Å². The molecule has 0 saturated carbocycles. The van der Waals surface area contributed by atoms with Crippen molar-refractivity contribution in [3.05, 3.63) is 0 Å². The molecular formula is C5H18O. The van der Waals surface area contributed by atoms with Gasteiger partial charge >= 0.3 is 0 Å². The third-order valence-corrected chi connectivity index (χ3v) is 0. The van der Waals surface area contributed by atoms with Crippen molar-refractivity contribution in [2.75, 3.05) is 14.2 Å². The summed E-state index contributed by atoms with van der Waals surface area (Å²) < 4.78 is 4.25. The zero-order chi connectivity index (χ0) is 2.71. The second-order valence-electron chi connectivity index (χ2n) is 0.408. The molecule has 0 unspecified atom stereocenters. The van der Waals surface area contributed by atoms with Crippen LogP contribution in [-0.4, -0.2) is 14.2 Å². The van der Waals surface area contributed by atoms with E-state index in [-0.39, 0.29) is 22.3 Å². The first-order chi connectivity index (χ1) is 1.41. The first kappa shape index (κ1) is 38.2. The summed E-state index contributed by atoms with van der Waals surface area (Å²) in [5, 5.41) is 0. The van der Waals surface area contributed by atoms with Crippen molar-refractivity contribution in [1.82, 2.24) is 0 Å². The van der Waals surface area contributed by atoms with Gasteiger partial charge < -0.3 is 4.74 Å². The summed E-state index contributed by atoms with van der Waals surface area (Å²) in [6, 6.07) is 0. The molecule has 0 aromatic carbocycles. The van der Waals surface area contributed by atoms with Crippen LogP contribution >= 0.6 is 0 Å². The lowest BCUT2D eigenvalue weighted by Gasteiger charge is -1.61. The van der Waals surface area contributed by atoms with Crippen molar-refractivity contribution in [1.29, 1.82) is 0 Å². The van der Waals surface area contributed by atoms with Crippen LogP contribution in [0.5, 0.6) is 0 Å². The van der Waals surface area contributed by atoms with Crippen LogP contribution in [-0.2, 0) is 4.74 Å². The molecule has 1 nitrogen and oxygen atoms in total. The molecule has 0 fully saturated rings. The normalized spacial score (nSPS) is 3.00. The molecule has 0 saturated heterocycles. The van der Waals surface area contributed by atoms with Gasteiger partial charge in [-0.3, -0.25) is 0 Å². The van der Waals surface area contributed by atoms with Gasteiger partial charge in [-0.05, 0) is 0 Å². The Kier molecular flexibility index (Phi) is 537. The molecule has 6 heavy (non-hydrogen) atoms. The van der Waals surface area contributed by atoms with Gasteiger partial charge in [-0.2, -0.15) is 0 Å². The van der Waals surface area contributed by atoms with E-state index in [1.165, 1.54) is 0 Å². The lowest BCUT2D eigenvalue weighted by molar-refractivity contribution is 0.277. The molecule has 0 aliphatic heterocycles. The van der Waals surface area contributed by atoms with Gasteiger partial charge in [0.05, 0.1) is 0 Å². The highest BCUT2D eigenvalue weighted by atomic mass is 16.4. The van der Waals surface area contributed by atoms with Gasteiger partial charge in [0.2, 0.25) is 0 Å². The van der Waals surface area contributed by atoms with Crippen molar-refractivity contribution in [3.63, 3.8) is 0 Å². The highest BCUT2D eigenvalue weighted by Gasteiger charge is 1.25. The van der Waals surface area contributed by atoms with E-state index in [1.54, 1.807) is 14.2 Å². The van der Waals surface area contributed by atoms with Gasteiger partial charge in [-0.25, -0.2) is 0 Å². The van der Waals surface area contributed by atoms with Crippen LogP contribution in [0.3, 0.4) is 0 Å². The second kappa shape index (κ2) is 84.4. The van der Waals surface area contributed by atoms with E-state index >= 15 is 0 Å². The monoisotopic (exact) mass is 94.1 g/mol. The molecule has 0 rings (SSSR count). The van der Waals surface area contributed by atoms with E-state index in [2.05, 4.69) is 4.74 Å². The van der Waals surface area contributed by atoms with Crippen LogP contribution in [0.15, 0.2) is 0 Å². The molecule has 0 aliphatic rings. The fourth-order valence-electron chi connectivity index (χ4n) is 0. The number of ether oxygens (including phenoxy) is 1. The summed E-state index contributed by atoms with van der Waals surface area (Å²) >= 11 is 0. The van der Waals surface area contributed by atoms with E-state index in [0.717, 1.165) is 0 Å². The molecular weight excluding hydrogens is 76.1 g/mol. The third-order valence-electron chi connectivity index (χ3n) is 0. The smallest absolute Gasteiger partial charge is 0.0351 e. The van der Waals surface area contributed by atoms with E-state index in [4.69, 9.17) is 0 Å². The zero-order valence-electron chi connectivity index (χ0n) is 2.41. The fraction of sp³-hybridized carbons (Fsp3) is 1.00. The standard InChI is InChI=1S/C2H6O.3CH4/c1-3-2;;;/h1-2H3;3*1H4. The molecule has 1 heteroatoms. The average molecular weight is 94.2 g/mol. The molecule has 0 amide bonds. The molecule has 0 aliphatic carbocycles. The van der Waals surface area contributed by atoms with Gasteiger partial charge in [0, 0.05) is 14.2 Å². The summed E-state index contributed by atoms with van der Waals surface area (Å²) in [7, 11) is 3.25. The van der Waals surface area contributed by atoms with Crippen LogP contribution in [0.1, 0.15) is 22.3 Å². The fourth-order valence-corrected chi connectivity index (χ4v) is 0. The SMILES string of the molecule is C.C.C.COC. The summed E-state index contributed by atoms with van der Waals surface area (Å²) in [5.74, 6) is 0. The highest BCUT2D eigenvalue weighted by Crippen LogP contribution is 1.28. The van der Waals surface area contributed by atoms with Gasteiger partial charge in [0.15, 0.2) is 0 Å². The molecule has 0 aromatic rings. The Bertz CT molecular complexity index is 3.90. The Hall–Kier alpha value is -0.0400. The predicted molar refractivity (Wildman–Crippen MR) is 33.1 cm³/mol. The van der Waals surface area contributed by atoms with Gasteiger partial charge in [0.25, 0.3) is 0 Å². The molecule has 44 valence electrons. The Morgan fingerprint density at radius 2 is 0.833 bits per heavy atom. The molecule has 0 radical (unpaired) electrons. The third kappa shape index (κ3) is 21700.